The first-order valence-corrected chi connectivity index (χ1v) is 7.62. The van der Waals surface area contributed by atoms with Crippen LogP contribution >= 0.6 is 11.6 Å². The first-order chi connectivity index (χ1) is 10.6. The Morgan fingerprint density at radius 2 is 1.87 bits per heavy atom. The molecule has 1 fully saturated rings. The molecule has 0 bridgehead atoms. The van der Waals surface area contributed by atoms with Gasteiger partial charge in [0.05, 0.1) is 13.2 Å². The number of carbonyl (C=O) groups excluding carboxylic acids is 1. The van der Waals surface area contributed by atoms with Crippen LogP contribution in [-0.4, -0.2) is 25.2 Å². The maximum absolute atomic E-state index is 12.6. The van der Waals surface area contributed by atoms with E-state index in [9.17, 15) is 18.0 Å². The van der Waals surface area contributed by atoms with Gasteiger partial charge < -0.3 is 9.47 Å². The third-order valence-electron chi connectivity index (χ3n) is 3.74. The second-order valence-corrected chi connectivity index (χ2v) is 6.58. The molecule has 1 aromatic rings. The molecule has 0 atom stereocenters. The van der Waals surface area contributed by atoms with Crippen LogP contribution in [0, 0.1) is 0 Å². The van der Waals surface area contributed by atoms with Crippen LogP contribution in [0.15, 0.2) is 18.2 Å². The molecule has 1 heterocycles. The molecule has 1 aliphatic rings. The average Bonchev–Trinajstić information content (AvgIpc) is 2.46. The standard InChI is InChI=1S/C16H18ClF3O3/c1-15(2,9-13(21)16(18,19)20)12-5-4-10(17)8-11(12)14-22-6-3-7-23-14/h4-5,8,14H,3,6-7,9H2,1-2H3. The Morgan fingerprint density at radius 3 is 2.43 bits per heavy atom. The lowest BCUT2D eigenvalue weighted by molar-refractivity contribution is -0.183. The number of hydrogen-bond acceptors (Lipinski definition) is 3. The Morgan fingerprint density at radius 1 is 1.26 bits per heavy atom. The molecule has 0 saturated carbocycles. The van der Waals surface area contributed by atoms with Crippen molar-refractivity contribution in [2.75, 3.05) is 13.2 Å². The molecule has 2 rings (SSSR count). The third kappa shape index (κ3) is 4.46. The molecule has 0 N–H and O–H groups in total. The summed E-state index contributed by atoms with van der Waals surface area (Å²) in [6, 6.07) is 4.83. The van der Waals surface area contributed by atoms with Crippen LogP contribution in [0.4, 0.5) is 13.2 Å². The SMILES string of the molecule is CC(C)(CC(=O)C(F)(F)F)c1ccc(Cl)cc1C1OCCCO1. The third-order valence-corrected chi connectivity index (χ3v) is 3.98. The number of ketones is 1. The molecule has 0 aromatic heterocycles. The fourth-order valence-electron chi connectivity index (χ4n) is 2.61. The van der Waals surface area contributed by atoms with E-state index in [0.29, 0.717) is 29.4 Å². The van der Waals surface area contributed by atoms with Gasteiger partial charge in [-0.25, -0.2) is 0 Å². The number of benzene rings is 1. The lowest BCUT2D eigenvalue weighted by atomic mass is 9.77. The second kappa shape index (κ2) is 6.79. The molecule has 0 aliphatic carbocycles. The molecule has 1 aliphatic heterocycles. The number of alkyl halides is 3. The van der Waals surface area contributed by atoms with Crippen LogP contribution in [0.2, 0.25) is 5.02 Å². The maximum Gasteiger partial charge on any atom is 0.450 e. The molecule has 7 heteroatoms. The summed E-state index contributed by atoms with van der Waals surface area (Å²) in [6.07, 6.45) is -5.43. The Bertz CT molecular complexity index is 578. The number of carbonyl (C=O) groups is 1. The minimum Gasteiger partial charge on any atom is -0.348 e. The van der Waals surface area contributed by atoms with Crippen molar-refractivity contribution >= 4 is 17.4 Å². The van der Waals surface area contributed by atoms with E-state index in [-0.39, 0.29) is 0 Å². The van der Waals surface area contributed by atoms with Gasteiger partial charge in [0.25, 0.3) is 0 Å². The van der Waals surface area contributed by atoms with Crippen molar-refractivity contribution in [1.29, 1.82) is 0 Å². The van der Waals surface area contributed by atoms with Crippen molar-refractivity contribution in [3.05, 3.63) is 34.3 Å². The summed E-state index contributed by atoms with van der Waals surface area (Å²) < 4.78 is 48.9. The van der Waals surface area contributed by atoms with Gasteiger partial charge in [-0.1, -0.05) is 31.5 Å². The number of hydrogen-bond donors (Lipinski definition) is 0. The van der Waals surface area contributed by atoms with E-state index in [1.54, 1.807) is 32.0 Å². The van der Waals surface area contributed by atoms with Gasteiger partial charge in [-0.05, 0) is 29.5 Å². The molecule has 1 saturated heterocycles. The fourth-order valence-corrected chi connectivity index (χ4v) is 2.79. The molecule has 0 unspecified atom stereocenters. The molecule has 0 spiro atoms. The van der Waals surface area contributed by atoms with Crippen LogP contribution in [0.25, 0.3) is 0 Å². The lowest BCUT2D eigenvalue weighted by Gasteiger charge is -2.32. The largest absolute Gasteiger partial charge is 0.450 e. The predicted molar refractivity (Wildman–Crippen MR) is 79.4 cm³/mol. The van der Waals surface area contributed by atoms with Crippen LogP contribution in [0.5, 0.6) is 0 Å². The Kier molecular flexibility index (Phi) is 5.38. The van der Waals surface area contributed by atoms with E-state index in [1.807, 2.05) is 0 Å². The van der Waals surface area contributed by atoms with Gasteiger partial charge >= 0.3 is 6.18 Å². The summed E-state index contributed by atoms with van der Waals surface area (Å²) in [5.74, 6) is -1.76. The lowest BCUT2D eigenvalue weighted by Crippen LogP contribution is -2.32. The molecule has 1 aromatic carbocycles. The summed E-state index contributed by atoms with van der Waals surface area (Å²) in [6.45, 7) is 4.18. The highest BCUT2D eigenvalue weighted by molar-refractivity contribution is 6.30. The van der Waals surface area contributed by atoms with Crippen LogP contribution in [-0.2, 0) is 19.7 Å². The van der Waals surface area contributed by atoms with Crippen LogP contribution < -0.4 is 0 Å². The van der Waals surface area contributed by atoms with E-state index < -0.39 is 30.1 Å². The zero-order valence-electron chi connectivity index (χ0n) is 12.9. The van der Waals surface area contributed by atoms with Crippen molar-refractivity contribution in [3.8, 4) is 0 Å². The van der Waals surface area contributed by atoms with Gasteiger partial charge in [0.2, 0.25) is 5.78 Å². The number of ether oxygens (including phenoxy) is 2. The molecular formula is C16H18ClF3O3. The molecule has 3 nitrogen and oxygen atoms in total. The average molecular weight is 351 g/mol. The van der Waals surface area contributed by atoms with Crippen molar-refractivity contribution in [2.45, 2.75) is 44.6 Å². The van der Waals surface area contributed by atoms with Crippen molar-refractivity contribution < 1.29 is 27.4 Å². The van der Waals surface area contributed by atoms with E-state index in [4.69, 9.17) is 21.1 Å². The molecule has 0 radical (unpaired) electrons. The molecule has 0 amide bonds. The topological polar surface area (TPSA) is 35.5 Å². The van der Waals surface area contributed by atoms with Gasteiger partial charge in [-0.15, -0.1) is 0 Å². The summed E-state index contributed by atoms with van der Waals surface area (Å²) in [7, 11) is 0. The number of Topliss-reactive ketones (excluding diaryl/α,β-unsaturated/α-hetero) is 1. The zero-order chi connectivity index (χ0) is 17.3. The Labute approximate surface area is 137 Å². The smallest absolute Gasteiger partial charge is 0.348 e. The predicted octanol–water partition coefficient (Wildman–Crippen LogP) is 4.57. The summed E-state index contributed by atoms with van der Waals surface area (Å²) in [5.41, 5.74) is 0.0973. The monoisotopic (exact) mass is 350 g/mol. The number of halogens is 4. The highest BCUT2D eigenvalue weighted by atomic mass is 35.5. The second-order valence-electron chi connectivity index (χ2n) is 6.14. The highest BCUT2D eigenvalue weighted by Crippen LogP contribution is 2.38. The summed E-state index contributed by atoms with van der Waals surface area (Å²) >= 11 is 6.01. The maximum atomic E-state index is 12.6. The van der Waals surface area contributed by atoms with E-state index >= 15 is 0 Å². The van der Waals surface area contributed by atoms with Gasteiger partial charge in [-0.2, -0.15) is 13.2 Å². The van der Waals surface area contributed by atoms with Gasteiger partial charge in [0, 0.05) is 17.0 Å². The van der Waals surface area contributed by atoms with E-state index in [2.05, 4.69) is 0 Å². The van der Waals surface area contributed by atoms with Crippen LogP contribution in [0.1, 0.15) is 44.1 Å². The van der Waals surface area contributed by atoms with Crippen LogP contribution in [0.3, 0.4) is 0 Å². The quantitative estimate of drug-likeness (QED) is 0.797. The molecule has 23 heavy (non-hydrogen) atoms. The van der Waals surface area contributed by atoms with Crippen molar-refractivity contribution in [1.82, 2.24) is 0 Å². The molecule has 128 valence electrons. The normalized spacial score (nSPS) is 17.3. The minimum atomic E-state index is -4.85. The van der Waals surface area contributed by atoms with Gasteiger partial charge in [0.15, 0.2) is 6.29 Å². The zero-order valence-corrected chi connectivity index (χ0v) is 13.6. The van der Waals surface area contributed by atoms with Crippen molar-refractivity contribution in [2.24, 2.45) is 0 Å². The Balaban J connectivity index is 2.35. The fraction of sp³-hybridized carbons (Fsp3) is 0.562. The van der Waals surface area contributed by atoms with Crippen molar-refractivity contribution in [3.63, 3.8) is 0 Å². The summed E-state index contributed by atoms with van der Waals surface area (Å²) in [4.78, 5) is 11.4. The van der Waals surface area contributed by atoms with Gasteiger partial charge in [-0.3, -0.25) is 4.79 Å². The first kappa shape index (κ1) is 18.2. The molecular weight excluding hydrogens is 333 g/mol. The highest BCUT2D eigenvalue weighted by Gasteiger charge is 2.42. The Hall–Kier alpha value is -1.11. The minimum absolute atomic E-state index is 0.430. The van der Waals surface area contributed by atoms with E-state index in [0.717, 1.165) is 6.42 Å². The number of rotatable bonds is 4. The summed E-state index contributed by atoms with van der Waals surface area (Å²) in [5, 5.41) is 0.430. The van der Waals surface area contributed by atoms with Gasteiger partial charge in [0.1, 0.15) is 0 Å². The van der Waals surface area contributed by atoms with E-state index in [1.165, 1.54) is 0 Å². The first-order valence-electron chi connectivity index (χ1n) is 7.24.